The molecule has 0 fully saturated rings. The van der Waals surface area contributed by atoms with E-state index in [1.807, 2.05) is 0 Å². The third-order valence-electron chi connectivity index (χ3n) is 1.30. The lowest BCUT2D eigenvalue weighted by Crippen LogP contribution is -2.13. The fourth-order valence-corrected chi connectivity index (χ4v) is 0.748. The van der Waals surface area contributed by atoms with Crippen LogP contribution in [0.5, 0.6) is 5.88 Å². The van der Waals surface area contributed by atoms with Crippen LogP contribution in [0.1, 0.15) is 0 Å². The molecule has 0 saturated heterocycles. The van der Waals surface area contributed by atoms with Crippen LogP contribution in [-0.4, -0.2) is 30.2 Å². The Balaban J connectivity index is 2.60. The second kappa shape index (κ2) is 4.50. The quantitative estimate of drug-likeness (QED) is 0.654. The van der Waals surface area contributed by atoms with Crippen LogP contribution in [0.3, 0.4) is 0 Å². The summed E-state index contributed by atoms with van der Waals surface area (Å²) in [5, 5.41) is 3.01. The molecule has 0 unspecified atom stereocenters. The molecule has 12 heavy (non-hydrogen) atoms. The second-order valence-electron chi connectivity index (χ2n) is 2.16. The molecule has 0 aliphatic heterocycles. The minimum atomic E-state index is 0.546. The number of ether oxygens (including phenoxy) is 1. The average Bonchev–Trinajstić information content (AvgIpc) is 2.15. The highest BCUT2D eigenvalue weighted by Crippen LogP contribution is 2.08. The van der Waals surface area contributed by atoms with Gasteiger partial charge < -0.3 is 15.8 Å². The van der Waals surface area contributed by atoms with E-state index >= 15 is 0 Å². The first-order valence-electron chi connectivity index (χ1n) is 3.67. The molecule has 0 bridgehead atoms. The number of nitrogens with zero attached hydrogens (tertiary/aromatic N) is 2. The van der Waals surface area contributed by atoms with Crippen molar-refractivity contribution in [1.29, 1.82) is 0 Å². The highest BCUT2D eigenvalue weighted by atomic mass is 16.5. The number of aromatic nitrogens is 2. The first kappa shape index (κ1) is 8.73. The van der Waals surface area contributed by atoms with Crippen molar-refractivity contribution in [1.82, 2.24) is 9.97 Å². The molecule has 1 rings (SSSR count). The van der Waals surface area contributed by atoms with E-state index in [1.165, 1.54) is 6.33 Å². The summed E-state index contributed by atoms with van der Waals surface area (Å²) in [6.07, 6.45) is 1.44. The molecule has 0 aliphatic rings. The molecule has 3 N–H and O–H groups in total. The number of nitrogens with one attached hydrogen (secondary N) is 1. The summed E-state index contributed by atoms with van der Waals surface area (Å²) in [6.45, 7) is 1.27. The van der Waals surface area contributed by atoms with Crippen LogP contribution >= 0.6 is 0 Å². The maximum Gasteiger partial charge on any atom is 0.218 e. The van der Waals surface area contributed by atoms with Crippen molar-refractivity contribution >= 4 is 5.82 Å². The van der Waals surface area contributed by atoms with Gasteiger partial charge in [0.05, 0.1) is 7.11 Å². The molecule has 0 aromatic carbocycles. The molecular formula is C7H12N4O. The number of hydrogen-bond donors (Lipinski definition) is 2. The average molecular weight is 168 g/mol. The van der Waals surface area contributed by atoms with Gasteiger partial charge in [0.2, 0.25) is 5.88 Å². The molecule has 0 atom stereocenters. The predicted octanol–water partition coefficient (Wildman–Crippen LogP) is -0.144. The van der Waals surface area contributed by atoms with Gasteiger partial charge in [-0.2, -0.15) is 0 Å². The number of rotatable bonds is 4. The van der Waals surface area contributed by atoms with Gasteiger partial charge in [0.15, 0.2) is 0 Å². The molecule has 0 amide bonds. The van der Waals surface area contributed by atoms with Crippen molar-refractivity contribution in [3.05, 3.63) is 12.4 Å². The Kier molecular flexibility index (Phi) is 3.28. The van der Waals surface area contributed by atoms with Gasteiger partial charge in [-0.1, -0.05) is 0 Å². The topological polar surface area (TPSA) is 73.1 Å². The molecule has 0 aliphatic carbocycles. The van der Waals surface area contributed by atoms with E-state index in [9.17, 15) is 0 Å². The Labute approximate surface area is 71.0 Å². The largest absolute Gasteiger partial charge is 0.481 e. The highest BCUT2D eigenvalue weighted by Gasteiger charge is 1.95. The molecular weight excluding hydrogens is 156 g/mol. The standard InChI is InChI=1S/C7H12N4O/c1-12-7-4-6(9-3-2-8)10-5-11-7/h4-5H,2-3,8H2,1H3,(H,9,10,11). The Bertz CT molecular complexity index is 241. The second-order valence-corrected chi connectivity index (χ2v) is 2.16. The van der Waals surface area contributed by atoms with E-state index in [0.29, 0.717) is 19.0 Å². The first-order valence-corrected chi connectivity index (χ1v) is 3.67. The van der Waals surface area contributed by atoms with Crippen LogP contribution in [0.25, 0.3) is 0 Å². The maximum atomic E-state index is 5.31. The summed E-state index contributed by atoms with van der Waals surface area (Å²) in [6, 6.07) is 1.72. The van der Waals surface area contributed by atoms with Crippen molar-refractivity contribution < 1.29 is 4.74 Å². The third kappa shape index (κ3) is 2.35. The molecule has 1 aromatic rings. The van der Waals surface area contributed by atoms with Gasteiger partial charge in [-0.25, -0.2) is 9.97 Å². The Morgan fingerprint density at radius 1 is 1.58 bits per heavy atom. The van der Waals surface area contributed by atoms with Gasteiger partial charge >= 0.3 is 0 Å². The number of anilines is 1. The predicted molar refractivity (Wildman–Crippen MR) is 46.1 cm³/mol. The molecule has 1 aromatic heterocycles. The molecule has 0 saturated carbocycles. The van der Waals surface area contributed by atoms with Gasteiger partial charge in [0.25, 0.3) is 0 Å². The lowest BCUT2D eigenvalue weighted by molar-refractivity contribution is 0.397. The third-order valence-corrected chi connectivity index (χ3v) is 1.30. The van der Waals surface area contributed by atoms with Gasteiger partial charge in [-0.15, -0.1) is 0 Å². The van der Waals surface area contributed by atoms with Crippen LogP contribution in [0.2, 0.25) is 0 Å². The summed E-state index contributed by atoms with van der Waals surface area (Å²) in [4.78, 5) is 7.83. The van der Waals surface area contributed by atoms with Gasteiger partial charge in [0.1, 0.15) is 12.1 Å². The highest BCUT2D eigenvalue weighted by molar-refractivity contribution is 5.36. The van der Waals surface area contributed by atoms with E-state index in [2.05, 4.69) is 15.3 Å². The zero-order valence-corrected chi connectivity index (χ0v) is 6.95. The zero-order valence-electron chi connectivity index (χ0n) is 6.95. The fraction of sp³-hybridized carbons (Fsp3) is 0.429. The van der Waals surface area contributed by atoms with Crippen molar-refractivity contribution in [3.63, 3.8) is 0 Å². The van der Waals surface area contributed by atoms with E-state index in [4.69, 9.17) is 10.5 Å². The SMILES string of the molecule is COc1cc(NCCN)ncn1. The van der Waals surface area contributed by atoms with Crippen LogP contribution in [0.4, 0.5) is 5.82 Å². The first-order chi connectivity index (χ1) is 5.86. The van der Waals surface area contributed by atoms with E-state index in [-0.39, 0.29) is 0 Å². The Morgan fingerprint density at radius 3 is 3.08 bits per heavy atom. The number of hydrogen-bond acceptors (Lipinski definition) is 5. The van der Waals surface area contributed by atoms with Crippen LogP contribution < -0.4 is 15.8 Å². The molecule has 0 spiro atoms. The Morgan fingerprint density at radius 2 is 2.42 bits per heavy atom. The van der Waals surface area contributed by atoms with Crippen molar-refractivity contribution in [3.8, 4) is 5.88 Å². The van der Waals surface area contributed by atoms with Crippen LogP contribution in [0, 0.1) is 0 Å². The molecule has 5 nitrogen and oxygen atoms in total. The summed E-state index contributed by atoms with van der Waals surface area (Å²) >= 11 is 0. The summed E-state index contributed by atoms with van der Waals surface area (Å²) in [7, 11) is 1.56. The lowest BCUT2D eigenvalue weighted by Gasteiger charge is -2.03. The summed E-state index contributed by atoms with van der Waals surface area (Å²) < 4.78 is 4.91. The fourth-order valence-electron chi connectivity index (χ4n) is 0.748. The summed E-state index contributed by atoms with van der Waals surface area (Å²) in [5.74, 6) is 1.27. The van der Waals surface area contributed by atoms with Crippen LogP contribution in [0.15, 0.2) is 12.4 Å². The smallest absolute Gasteiger partial charge is 0.218 e. The van der Waals surface area contributed by atoms with Crippen LogP contribution in [-0.2, 0) is 0 Å². The van der Waals surface area contributed by atoms with E-state index < -0.39 is 0 Å². The Hall–Kier alpha value is -1.36. The van der Waals surface area contributed by atoms with Crippen molar-refractivity contribution in [2.45, 2.75) is 0 Å². The van der Waals surface area contributed by atoms with Gasteiger partial charge in [-0.05, 0) is 0 Å². The molecule has 1 heterocycles. The minimum Gasteiger partial charge on any atom is -0.481 e. The van der Waals surface area contributed by atoms with Gasteiger partial charge in [-0.3, -0.25) is 0 Å². The lowest BCUT2D eigenvalue weighted by atomic mass is 10.5. The van der Waals surface area contributed by atoms with E-state index in [0.717, 1.165) is 5.82 Å². The van der Waals surface area contributed by atoms with Crippen molar-refractivity contribution in [2.24, 2.45) is 5.73 Å². The minimum absolute atomic E-state index is 0.546. The van der Waals surface area contributed by atoms with E-state index in [1.54, 1.807) is 13.2 Å². The number of methoxy groups -OCH3 is 1. The molecule has 0 radical (unpaired) electrons. The number of nitrogens with two attached hydrogens (primary N) is 1. The van der Waals surface area contributed by atoms with Gasteiger partial charge in [0, 0.05) is 19.2 Å². The summed E-state index contributed by atoms with van der Waals surface area (Å²) in [5.41, 5.74) is 5.31. The van der Waals surface area contributed by atoms with Crippen molar-refractivity contribution in [2.75, 3.05) is 25.5 Å². The normalized spacial score (nSPS) is 9.50. The zero-order chi connectivity index (χ0) is 8.81. The molecule has 66 valence electrons. The molecule has 5 heteroatoms. The maximum absolute atomic E-state index is 5.31. The monoisotopic (exact) mass is 168 g/mol.